The van der Waals surface area contributed by atoms with Crippen LogP contribution in [0.4, 0.5) is 0 Å². The molecular weight excluding hydrogens is 350 g/mol. The highest BCUT2D eigenvalue weighted by atomic mass is 16.5. The van der Waals surface area contributed by atoms with Gasteiger partial charge in [-0.15, -0.1) is 0 Å². The summed E-state index contributed by atoms with van der Waals surface area (Å²) in [6, 6.07) is 16.2. The van der Waals surface area contributed by atoms with Gasteiger partial charge in [0.05, 0.1) is 19.8 Å². The molecule has 1 aliphatic heterocycles. The van der Waals surface area contributed by atoms with E-state index in [9.17, 15) is 4.79 Å². The molecule has 0 unspecified atom stereocenters. The van der Waals surface area contributed by atoms with Crippen LogP contribution in [0.3, 0.4) is 0 Å². The van der Waals surface area contributed by atoms with E-state index in [0.29, 0.717) is 23.0 Å². The van der Waals surface area contributed by atoms with Gasteiger partial charge < -0.3 is 9.47 Å². The number of likely N-dealkylation sites (tertiary alicyclic amines) is 1. The van der Waals surface area contributed by atoms with Gasteiger partial charge in [0.15, 0.2) is 5.78 Å². The van der Waals surface area contributed by atoms with Crippen LogP contribution in [-0.4, -0.2) is 38.0 Å². The number of piperidine rings is 1. The normalized spacial score (nSPS) is 17.7. The Morgan fingerprint density at radius 3 is 2.39 bits per heavy atom. The third-order valence-electron chi connectivity index (χ3n) is 5.92. The molecule has 1 fully saturated rings. The zero-order valence-corrected chi connectivity index (χ0v) is 16.6. The molecule has 146 valence electrons. The first kappa shape index (κ1) is 18.8. The summed E-state index contributed by atoms with van der Waals surface area (Å²) in [4.78, 5) is 15.5. The molecule has 4 rings (SSSR count). The average molecular weight is 377 g/mol. The molecule has 0 radical (unpaired) electrons. The number of methoxy groups -OCH3 is 2. The second kappa shape index (κ2) is 8.19. The predicted octanol–water partition coefficient (Wildman–Crippen LogP) is 4.55. The van der Waals surface area contributed by atoms with E-state index in [1.54, 1.807) is 14.2 Å². The van der Waals surface area contributed by atoms with Gasteiger partial charge in [0, 0.05) is 17.7 Å². The van der Waals surface area contributed by atoms with Crippen molar-refractivity contribution in [2.45, 2.75) is 25.8 Å². The third-order valence-corrected chi connectivity index (χ3v) is 5.92. The molecule has 0 atom stereocenters. The minimum atomic E-state index is 0.0949. The molecule has 0 N–H and O–H groups in total. The van der Waals surface area contributed by atoms with Gasteiger partial charge in [0.1, 0.15) is 11.5 Å². The number of hydrogen-bond acceptors (Lipinski definition) is 4. The summed E-state index contributed by atoms with van der Waals surface area (Å²) in [5.74, 6) is 2.01. The summed E-state index contributed by atoms with van der Waals surface area (Å²) in [5.41, 5.74) is 3.68. The van der Waals surface area contributed by atoms with Crippen LogP contribution in [-0.2, 0) is 11.3 Å². The van der Waals surface area contributed by atoms with Crippen molar-refractivity contribution < 1.29 is 14.3 Å². The molecule has 4 nitrogen and oxygen atoms in total. The number of nitrogens with zero attached hydrogens (tertiary/aromatic N) is 1. The van der Waals surface area contributed by atoms with Crippen molar-refractivity contribution >= 4 is 11.5 Å². The number of benzene rings is 2. The number of carbonyl (C=O) groups excluding carboxylic acids is 1. The van der Waals surface area contributed by atoms with Gasteiger partial charge in [0.25, 0.3) is 0 Å². The van der Waals surface area contributed by atoms with Gasteiger partial charge in [0.2, 0.25) is 0 Å². The lowest BCUT2D eigenvalue weighted by atomic mass is 9.88. The molecule has 1 heterocycles. The molecule has 2 aliphatic rings. The van der Waals surface area contributed by atoms with Gasteiger partial charge in [-0.3, -0.25) is 9.69 Å². The van der Waals surface area contributed by atoms with Crippen LogP contribution >= 0.6 is 0 Å². The van der Waals surface area contributed by atoms with Crippen LogP contribution in [0.5, 0.6) is 5.75 Å². The second-order valence-electron chi connectivity index (χ2n) is 7.63. The van der Waals surface area contributed by atoms with E-state index in [-0.39, 0.29) is 5.78 Å². The lowest BCUT2D eigenvalue weighted by Gasteiger charge is -2.32. The molecule has 1 aliphatic carbocycles. The smallest absolute Gasteiger partial charge is 0.193 e. The first-order chi connectivity index (χ1) is 13.7. The minimum Gasteiger partial charge on any atom is -0.496 e. The van der Waals surface area contributed by atoms with Gasteiger partial charge in [-0.25, -0.2) is 0 Å². The van der Waals surface area contributed by atoms with Crippen LogP contribution in [0.25, 0.3) is 5.76 Å². The van der Waals surface area contributed by atoms with Crippen LogP contribution < -0.4 is 4.74 Å². The fourth-order valence-corrected chi connectivity index (χ4v) is 4.43. The molecule has 1 saturated heterocycles. The molecule has 4 heteroatoms. The molecule has 2 aromatic rings. The van der Waals surface area contributed by atoms with E-state index in [0.717, 1.165) is 50.0 Å². The molecule has 0 bridgehead atoms. The summed E-state index contributed by atoms with van der Waals surface area (Å²) in [5, 5.41) is 0. The zero-order chi connectivity index (χ0) is 19.5. The Balaban J connectivity index is 1.44. The number of ketones is 1. The molecule has 0 saturated carbocycles. The van der Waals surface area contributed by atoms with Crippen LogP contribution in [0.2, 0.25) is 0 Å². The Labute approximate surface area is 166 Å². The molecule has 28 heavy (non-hydrogen) atoms. The lowest BCUT2D eigenvalue weighted by molar-refractivity contribution is 0.102. The third kappa shape index (κ3) is 3.57. The lowest BCUT2D eigenvalue weighted by Crippen LogP contribution is -2.33. The average Bonchev–Trinajstić information content (AvgIpc) is 3.01. The largest absolute Gasteiger partial charge is 0.496 e. The SMILES string of the molecule is COC1=C(CC2CCN(Cc3ccccc3)CC2)C(=O)c2cccc(OC)c21. The van der Waals surface area contributed by atoms with Crippen molar-refractivity contribution in [2.24, 2.45) is 5.92 Å². The highest BCUT2D eigenvalue weighted by molar-refractivity contribution is 6.20. The van der Waals surface area contributed by atoms with Crippen molar-refractivity contribution in [1.29, 1.82) is 0 Å². The molecular formula is C24H27NO3. The zero-order valence-electron chi connectivity index (χ0n) is 16.6. The van der Waals surface area contributed by atoms with Crippen LogP contribution in [0.15, 0.2) is 54.1 Å². The maximum Gasteiger partial charge on any atom is 0.193 e. The van der Waals surface area contributed by atoms with Crippen molar-refractivity contribution in [1.82, 2.24) is 4.90 Å². The topological polar surface area (TPSA) is 38.8 Å². The number of carbonyl (C=O) groups is 1. The van der Waals surface area contributed by atoms with Crippen LogP contribution in [0, 0.1) is 5.92 Å². The molecule has 2 aromatic carbocycles. The van der Waals surface area contributed by atoms with Crippen LogP contribution in [0.1, 0.15) is 40.7 Å². The van der Waals surface area contributed by atoms with Gasteiger partial charge >= 0.3 is 0 Å². The maximum atomic E-state index is 13.0. The summed E-state index contributed by atoms with van der Waals surface area (Å²) in [7, 11) is 3.28. The Bertz CT molecular complexity index is 880. The maximum absolute atomic E-state index is 13.0. The van der Waals surface area contributed by atoms with E-state index in [4.69, 9.17) is 9.47 Å². The quantitative estimate of drug-likeness (QED) is 0.740. The monoisotopic (exact) mass is 377 g/mol. The summed E-state index contributed by atoms with van der Waals surface area (Å²) in [6.45, 7) is 3.14. The number of rotatable bonds is 6. The van der Waals surface area contributed by atoms with E-state index in [2.05, 4.69) is 35.2 Å². The van der Waals surface area contributed by atoms with E-state index < -0.39 is 0 Å². The molecule has 0 amide bonds. The predicted molar refractivity (Wildman–Crippen MR) is 110 cm³/mol. The number of hydrogen-bond donors (Lipinski definition) is 0. The highest BCUT2D eigenvalue weighted by Gasteiger charge is 2.35. The summed E-state index contributed by atoms with van der Waals surface area (Å²) < 4.78 is 11.1. The molecule has 0 aromatic heterocycles. The van der Waals surface area contributed by atoms with E-state index in [1.807, 2.05) is 18.2 Å². The Kier molecular flexibility index (Phi) is 5.49. The number of Topliss-reactive ketones (excluding diaryl/α,β-unsaturated/α-hetero) is 1. The van der Waals surface area contributed by atoms with Crippen molar-refractivity contribution in [3.63, 3.8) is 0 Å². The number of allylic oxidation sites excluding steroid dienone is 1. The van der Waals surface area contributed by atoms with Gasteiger partial charge in [-0.1, -0.05) is 42.5 Å². The highest BCUT2D eigenvalue weighted by Crippen LogP contribution is 2.42. The van der Waals surface area contributed by atoms with Gasteiger partial charge in [-0.05, 0) is 49.9 Å². The van der Waals surface area contributed by atoms with E-state index >= 15 is 0 Å². The number of ether oxygens (including phenoxy) is 2. The summed E-state index contributed by atoms with van der Waals surface area (Å²) in [6.07, 6.45) is 2.99. The first-order valence-electron chi connectivity index (χ1n) is 9.96. The second-order valence-corrected chi connectivity index (χ2v) is 7.63. The minimum absolute atomic E-state index is 0.0949. The van der Waals surface area contributed by atoms with Gasteiger partial charge in [-0.2, -0.15) is 0 Å². The van der Waals surface area contributed by atoms with Crippen molar-refractivity contribution in [3.05, 3.63) is 70.8 Å². The first-order valence-corrected chi connectivity index (χ1v) is 9.96. The summed E-state index contributed by atoms with van der Waals surface area (Å²) >= 11 is 0. The Morgan fingerprint density at radius 2 is 1.71 bits per heavy atom. The fourth-order valence-electron chi connectivity index (χ4n) is 4.43. The van der Waals surface area contributed by atoms with Crippen molar-refractivity contribution in [2.75, 3.05) is 27.3 Å². The Hall–Kier alpha value is -2.59. The van der Waals surface area contributed by atoms with E-state index in [1.165, 1.54) is 5.56 Å². The molecule has 0 spiro atoms. The fraction of sp³-hybridized carbons (Fsp3) is 0.375. The van der Waals surface area contributed by atoms with Crippen molar-refractivity contribution in [3.8, 4) is 5.75 Å². The Morgan fingerprint density at radius 1 is 0.964 bits per heavy atom. The standard InChI is InChI=1S/C24H27NO3/c1-27-21-10-6-9-19-22(21)24(28-2)20(23(19)26)15-17-11-13-25(14-12-17)16-18-7-4-3-5-8-18/h3-10,17H,11-16H2,1-2H3. The number of fused-ring (bicyclic) bond motifs is 1.